The average Bonchev–Trinajstić information content (AvgIpc) is 2.30. The maximum atomic E-state index is 13.2. The zero-order valence-electron chi connectivity index (χ0n) is 10.5. The summed E-state index contributed by atoms with van der Waals surface area (Å²) in [6.07, 6.45) is 0.880. The number of ether oxygens (including phenoxy) is 1. The lowest BCUT2D eigenvalue weighted by Crippen LogP contribution is -2.37. The van der Waals surface area contributed by atoms with E-state index < -0.39 is 0 Å². The highest BCUT2D eigenvalue weighted by Gasteiger charge is 2.14. The predicted molar refractivity (Wildman–Crippen MR) is 68.8 cm³/mol. The lowest BCUT2D eigenvalue weighted by atomic mass is 10.2. The van der Waals surface area contributed by atoms with E-state index in [0.29, 0.717) is 13.2 Å². The van der Waals surface area contributed by atoms with Crippen LogP contribution in [0.1, 0.15) is 13.3 Å². The van der Waals surface area contributed by atoms with Crippen molar-refractivity contribution in [2.75, 3.05) is 31.7 Å². The molecular formula is C13H21FN2O. The molecule has 0 aliphatic heterocycles. The lowest BCUT2D eigenvalue weighted by molar-refractivity contribution is 0.181. The van der Waals surface area contributed by atoms with E-state index in [1.165, 1.54) is 6.07 Å². The van der Waals surface area contributed by atoms with E-state index in [0.717, 1.165) is 18.7 Å². The smallest absolute Gasteiger partial charge is 0.125 e. The van der Waals surface area contributed by atoms with Crippen LogP contribution in [0.2, 0.25) is 0 Å². The number of nitrogens with zero attached hydrogens (tertiary/aromatic N) is 1. The van der Waals surface area contributed by atoms with Crippen LogP contribution in [0.5, 0.6) is 0 Å². The first-order chi connectivity index (χ1) is 8.19. The molecule has 0 saturated heterocycles. The summed E-state index contributed by atoms with van der Waals surface area (Å²) in [5.41, 5.74) is 6.40. The Morgan fingerprint density at radius 2 is 2.24 bits per heavy atom. The number of rotatable bonds is 7. The molecule has 4 heteroatoms. The summed E-state index contributed by atoms with van der Waals surface area (Å²) in [5, 5.41) is 0. The van der Waals surface area contributed by atoms with Crippen LogP contribution in [-0.2, 0) is 4.74 Å². The third-order valence-electron chi connectivity index (χ3n) is 2.68. The monoisotopic (exact) mass is 240 g/mol. The second-order valence-electron chi connectivity index (χ2n) is 4.12. The fraction of sp³-hybridized carbons (Fsp3) is 0.538. The van der Waals surface area contributed by atoms with E-state index in [4.69, 9.17) is 10.5 Å². The number of nitrogens with two attached hydrogens (primary N) is 1. The fourth-order valence-electron chi connectivity index (χ4n) is 1.85. The van der Waals surface area contributed by atoms with Gasteiger partial charge in [0.05, 0.1) is 6.61 Å². The zero-order chi connectivity index (χ0) is 12.7. The molecule has 1 atom stereocenters. The van der Waals surface area contributed by atoms with E-state index in [9.17, 15) is 4.39 Å². The van der Waals surface area contributed by atoms with E-state index in [2.05, 4.69) is 11.8 Å². The van der Waals surface area contributed by atoms with Crippen molar-refractivity contribution in [2.45, 2.75) is 19.4 Å². The lowest BCUT2D eigenvalue weighted by Gasteiger charge is -2.31. The van der Waals surface area contributed by atoms with Crippen LogP contribution in [0.3, 0.4) is 0 Å². The highest BCUT2D eigenvalue weighted by Crippen LogP contribution is 2.18. The minimum absolute atomic E-state index is 0.202. The minimum atomic E-state index is -0.218. The Morgan fingerprint density at radius 3 is 2.82 bits per heavy atom. The van der Waals surface area contributed by atoms with Crippen LogP contribution in [0.4, 0.5) is 10.1 Å². The van der Waals surface area contributed by atoms with Crippen LogP contribution >= 0.6 is 0 Å². The molecule has 0 saturated carbocycles. The Labute approximate surface area is 102 Å². The van der Waals surface area contributed by atoms with Gasteiger partial charge in [-0.25, -0.2) is 4.39 Å². The zero-order valence-corrected chi connectivity index (χ0v) is 10.5. The minimum Gasteiger partial charge on any atom is -0.383 e. The number of anilines is 1. The Balaban J connectivity index is 2.81. The van der Waals surface area contributed by atoms with Crippen LogP contribution in [0.25, 0.3) is 0 Å². The van der Waals surface area contributed by atoms with Gasteiger partial charge in [0.2, 0.25) is 0 Å². The molecule has 1 aromatic carbocycles. The summed E-state index contributed by atoms with van der Waals surface area (Å²) in [6.45, 7) is 4.11. The standard InChI is InChI=1S/C13H21FN2O/c1-11(10-17-2)16(8-4-7-15)13-6-3-5-12(14)9-13/h3,5-6,9,11H,4,7-8,10,15H2,1-2H3. The second kappa shape index (κ2) is 7.25. The summed E-state index contributed by atoms with van der Waals surface area (Å²) in [5.74, 6) is -0.218. The highest BCUT2D eigenvalue weighted by atomic mass is 19.1. The van der Waals surface area contributed by atoms with Crippen molar-refractivity contribution in [3.8, 4) is 0 Å². The number of hydrogen-bond acceptors (Lipinski definition) is 3. The molecule has 3 nitrogen and oxygen atoms in total. The van der Waals surface area contributed by atoms with Crippen molar-refractivity contribution < 1.29 is 9.13 Å². The first kappa shape index (κ1) is 13.9. The number of methoxy groups -OCH3 is 1. The van der Waals surface area contributed by atoms with E-state index in [1.807, 2.05) is 6.07 Å². The Kier molecular flexibility index (Phi) is 5.94. The summed E-state index contributed by atoms with van der Waals surface area (Å²) < 4.78 is 18.4. The number of hydrogen-bond donors (Lipinski definition) is 1. The topological polar surface area (TPSA) is 38.5 Å². The van der Waals surface area contributed by atoms with Gasteiger partial charge in [0.1, 0.15) is 5.82 Å². The van der Waals surface area contributed by atoms with Gasteiger partial charge in [0, 0.05) is 25.4 Å². The number of halogens is 1. The molecule has 0 fully saturated rings. The maximum absolute atomic E-state index is 13.2. The molecule has 0 amide bonds. The van der Waals surface area contributed by atoms with Gasteiger partial charge in [-0.15, -0.1) is 0 Å². The third kappa shape index (κ3) is 4.32. The molecule has 1 aromatic rings. The molecule has 0 spiro atoms. The largest absolute Gasteiger partial charge is 0.383 e. The van der Waals surface area contributed by atoms with Crippen molar-refractivity contribution in [1.29, 1.82) is 0 Å². The molecule has 0 aromatic heterocycles. The molecule has 0 heterocycles. The Hall–Kier alpha value is -1.13. The number of benzene rings is 1. The molecular weight excluding hydrogens is 219 g/mol. The normalized spacial score (nSPS) is 12.5. The molecule has 0 bridgehead atoms. The van der Waals surface area contributed by atoms with Gasteiger partial charge in [-0.05, 0) is 38.1 Å². The molecule has 96 valence electrons. The molecule has 2 N–H and O–H groups in total. The average molecular weight is 240 g/mol. The molecule has 17 heavy (non-hydrogen) atoms. The molecule has 0 radical (unpaired) electrons. The Bertz CT molecular complexity index is 333. The Morgan fingerprint density at radius 1 is 1.47 bits per heavy atom. The molecule has 1 rings (SSSR count). The van der Waals surface area contributed by atoms with Crippen LogP contribution < -0.4 is 10.6 Å². The van der Waals surface area contributed by atoms with Crippen molar-refractivity contribution >= 4 is 5.69 Å². The van der Waals surface area contributed by atoms with Gasteiger partial charge < -0.3 is 15.4 Å². The van der Waals surface area contributed by atoms with Gasteiger partial charge in [0.25, 0.3) is 0 Å². The van der Waals surface area contributed by atoms with Gasteiger partial charge in [-0.3, -0.25) is 0 Å². The highest BCUT2D eigenvalue weighted by molar-refractivity contribution is 5.47. The summed E-state index contributed by atoms with van der Waals surface area (Å²) in [4.78, 5) is 2.12. The van der Waals surface area contributed by atoms with Crippen molar-refractivity contribution in [3.05, 3.63) is 30.1 Å². The van der Waals surface area contributed by atoms with Crippen molar-refractivity contribution in [3.63, 3.8) is 0 Å². The summed E-state index contributed by atoms with van der Waals surface area (Å²) in [7, 11) is 1.67. The van der Waals surface area contributed by atoms with Gasteiger partial charge >= 0.3 is 0 Å². The first-order valence-corrected chi connectivity index (χ1v) is 5.90. The SMILES string of the molecule is COCC(C)N(CCCN)c1cccc(F)c1. The maximum Gasteiger partial charge on any atom is 0.125 e. The van der Waals surface area contributed by atoms with Gasteiger partial charge in [0.15, 0.2) is 0 Å². The first-order valence-electron chi connectivity index (χ1n) is 5.90. The van der Waals surface area contributed by atoms with Gasteiger partial charge in [-0.2, -0.15) is 0 Å². The fourth-order valence-corrected chi connectivity index (χ4v) is 1.85. The molecule has 0 aliphatic carbocycles. The summed E-state index contributed by atoms with van der Waals surface area (Å²) >= 11 is 0. The summed E-state index contributed by atoms with van der Waals surface area (Å²) in [6, 6.07) is 6.83. The van der Waals surface area contributed by atoms with Crippen LogP contribution in [0, 0.1) is 5.82 Å². The van der Waals surface area contributed by atoms with Crippen LogP contribution in [-0.4, -0.2) is 32.8 Å². The predicted octanol–water partition coefficient (Wildman–Crippen LogP) is 2.02. The van der Waals surface area contributed by atoms with Crippen molar-refractivity contribution in [1.82, 2.24) is 0 Å². The second-order valence-corrected chi connectivity index (χ2v) is 4.12. The quantitative estimate of drug-likeness (QED) is 0.792. The molecule has 0 aliphatic rings. The van der Waals surface area contributed by atoms with E-state index in [1.54, 1.807) is 19.2 Å². The van der Waals surface area contributed by atoms with Gasteiger partial charge in [-0.1, -0.05) is 6.07 Å². The molecule has 1 unspecified atom stereocenters. The van der Waals surface area contributed by atoms with Crippen LogP contribution in [0.15, 0.2) is 24.3 Å². The third-order valence-corrected chi connectivity index (χ3v) is 2.68. The van der Waals surface area contributed by atoms with E-state index >= 15 is 0 Å². The van der Waals surface area contributed by atoms with E-state index in [-0.39, 0.29) is 11.9 Å². The van der Waals surface area contributed by atoms with Crippen molar-refractivity contribution in [2.24, 2.45) is 5.73 Å².